The van der Waals surface area contributed by atoms with E-state index in [9.17, 15) is 24.3 Å². The summed E-state index contributed by atoms with van der Waals surface area (Å²) in [5.41, 5.74) is 5.67. The Bertz CT molecular complexity index is 1360. The highest BCUT2D eigenvalue weighted by Gasteiger charge is 2.54. The van der Waals surface area contributed by atoms with Crippen molar-refractivity contribution < 1.29 is 29.1 Å². The fraction of sp³-hybridized carbons (Fsp3) is 0.474. The lowest BCUT2D eigenvalue weighted by atomic mass is 10.0. The van der Waals surface area contributed by atoms with Crippen molar-refractivity contribution in [2.24, 2.45) is 5.16 Å². The van der Waals surface area contributed by atoms with E-state index in [0.717, 1.165) is 16.4 Å². The molecule has 0 aromatic carbocycles. The molecule has 3 atom stereocenters. The van der Waals surface area contributed by atoms with Crippen molar-refractivity contribution in [2.45, 2.75) is 36.5 Å². The highest BCUT2D eigenvalue weighted by Crippen LogP contribution is 2.41. The summed E-state index contributed by atoms with van der Waals surface area (Å²) in [6, 6.07) is -1.24. The zero-order valence-corrected chi connectivity index (χ0v) is 23.2. The molecule has 2 aromatic heterocycles. The first-order valence-corrected chi connectivity index (χ1v) is 14.0. The normalized spacial score (nSPS) is 19.7. The number of rotatable bonds is 11. The molecular formula is C19H23N11O6S3. The number of amides is 3. The number of oxime groups is 1. The summed E-state index contributed by atoms with van der Waals surface area (Å²) in [6.45, 7) is 3.55. The minimum Gasteiger partial charge on any atom is -0.477 e. The summed E-state index contributed by atoms with van der Waals surface area (Å²) in [6.07, 6.45) is 0. The number of nitrogen functional groups attached to an aromatic ring is 1. The van der Waals surface area contributed by atoms with Crippen molar-refractivity contribution in [3.8, 4) is 0 Å². The molecule has 5 N–H and O–H groups in total. The van der Waals surface area contributed by atoms with E-state index in [-0.39, 0.29) is 40.1 Å². The zero-order valence-electron chi connectivity index (χ0n) is 20.7. The van der Waals surface area contributed by atoms with E-state index in [1.165, 1.54) is 42.2 Å². The Morgan fingerprint density at radius 3 is 2.79 bits per heavy atom. The standard InChI is InChI=1S/C19H23N11O6S3/c1-7(4-21-8(2)31)30-19(24-27-28-30)38-6-9-5-37-16-11(15(33)29(16)12(9)17(34)35)22-14(32)10(25-36-3)13-23-18(20)39-26-13/h7,11,16H,4-6H2,1-3H3,(H,21,31)(H,22,32)(H,34,35)(H2,20,23,26)/t7?,11?,16-/m0/s1. The number of anilines is 1. The van der Waals surface area contributed by atoms with Crippen LogP contribution >= 0.6 is 35.1 Å². The van der Waals surface area contributed by atoms with Crippen LogP contribution in [0.25, 0.3) is 0 Å². The smallest absolute Gasteiger partial charge is 0.352 e. The maximum absolute atomic E-state index is 13.0. The van der Waals surface area contributed by atoms with Crippen LogP contribution in [0.2, 0.25) is 0 Å². The lowest BCUT2D eigenvalue weighted by Gasteiger charge is -2.49. The minimum atomic E-state index is -1.27. The third-order valence-corrected chi connectivity index (χ3v) is 8.39. The van der Waals surface area contributed by atoms with E-state index < -0.39 is 29.2 Å². The van der Waals surface area contributed by atoms with E-state index in [1.807, 2.05) is 6.92 Å². The molecule has 39 heavy (non-hydrogen) atoms. The average molecular weight is 598 g/mol. The molecule has 0 spiro atoms. The maximum Gasteiger partial charge on any atom is 0.352 e. The van der Waals surface area contributed by atoms with Crippen molar-refractivity contribution in [2.75, 3.05) is 30.9 Å². The number of carboxylic acids is 1. The SMILES string of the molecule is CON=C(C(=O)NC1C(=O)N2C(C(=O)O)=C(CSc3nnnn3C(C)CNC(C)=O)CS[C@@H]12)c1nsc(N)n1. The van der Waals surface area contributed by atoms with Gasteiger partial charge in [-0.1, -0.05) is 16.9 Å². The predicted octanol–water partition coefficient (Wildman–Crippen LogP) is -1.31. The second-order valence-electron chi connectivity index (χ2n) is 8.18. The molecule has 0 bridgehead atoms. The first kappa shape index (κ1) is 28.2. The molecule has 2 aliphatic heterocycles. The van der Waals surface area contributed by atoms with Gasteiger partial charge in [0.15, 0.2) is 5.13 Å². The Morgan fingerprint density at radius 2 is 2.15 bits per heavy atom. The Morgan fingerprint density at radius 1 is 1.38 bits per heavy atom. The first-order valence-electron chi connectivity index (χ1n) is 11.2. The van der Waals surface area contributed by atoms with Crippen molar-refractivity contribution in [3.63, 3.8) is 0 Å². The molecule has 0 radical (unpaired) electrons. The van der Waals surface area contributed by atoms with Gasteiger partial charge in [0.25, 0.3) is 11.8 Å². The van der Waals surface area contributed by atoms with Gasteiger partial charge in [0, 0.05) is 36.5 Å². The number of carboxylic acid groups (broad SMARTS) is 1. The minimum absolute atomic E-state index is 0.0593. The predicted molar refractivity (Wildman–Crippen MR) is 139 cm³/mol. The van der Waals surface area contributed by atoms with Gasteiger partial charge in [0.1, 0.15) is 24.2 Å². The molecule has 1 fully saturated rings. The number of aromatic nitrogens is 6. The van der Waals surface area contributed by atoms with E-state index in [2.05, 4.69) is 40.7 Å². The molecule has 2 aliphatic rings. The Balaban J connectivity index is 1.46. The molecule has 4 heterocycles. The van der Waals surface area contributed by atoms with Crippen molar-refractivity contribution in [1.82, 2.24) is 45.1 Å². The second-order valence-corrected chi connectivity index (χ2v) is 11.0. The molecule has 0 saturated carbocycles. The van der Waals surface area contributed by atoms with Gasteiger partial charge >= 0.3 is 5.97 Å². The molecule has 1 saturated heterocycles. The van der Waals surface area contributed by atoms with Crippen LogP contribution in [-0.2, 0) is 24.0 Å². The third kappa shape index (κ3) is 5.96. The average Bonchev–Trinajstić information content (AvgIpc) is 3.55. The second kappa shape index (κ2) is 11.9. The van der Waals surface area contributed by atoms with E-state index in [0.29, 0.717) is 23.0 Å². The van der Waals surface area contributed by atoms with Crippen molar-refractivity contribution in [1.29, 1.82) is 0 Å². The quantitative estimate of drug-likeness (QED) is 0.102. The van der Waals surface area contributed by atoms with Crippen LogP contribution in [0.4, 0.5) is 5.13 Å². The van der Waals surface area contributed by atoms with Crippen LogP contribution < -0.4 is 16.4 Å². The number of nitrogens with one attached hydrogen (secondary N) is 2. The number of β-lactam (4-membered cyclic amide) rings is 1. The summed E-state index contributed by atoms with van der Waals surface area (Å²) in [4.78, 5) is 59.1. The highest BCUT2D eigenvalue weighted by molar-refractivity contribution is 8.01. The van der Waals surface area contributed by atoms with Crippen molar-refractivity contribution in [3.05, 3.63) is 17.1 Å². The fourth-order valence-electron chi connectivity index (χ4n) is 3.70. The molecule has 20 heteroatoms. The third-order valence-electron chi connectivity index (χ3n) is 5.49. The summed E-state index contributed by atoms with van der Waals surface area (Å²) in [5.74, 6) is -2.37. The van der Waals surface area contributed by atoms with Crippen LogP contribution in [0.1, 0.15) is 25.7 Å². The van der Waals surface area contributed by atoms with Crippen molar-refractivity contribution >= 4 is 69.6 Å². The molecule has 208 valence electrons. The van der Waals surface area contributed by atoms with Gasteiger partial charge in [-0.3, -0.25) is 19.3 Å². The fourth-order valence-corrected chi connectivity index (χ4v) is 6.59. The van der Waals surface area contributed by atoms with Gasteiger partial charge in [0.2, 0.25) is 22.6 Å². The Labute approximate surface area is 233 Å². The molecule has 17 nitrogen and oxygen atoms in total. The number of carbonyl (C=O) groups is 4. The van der Waals surface area contributed by atoms with Crippen LogP contribution in [0.3, 0.4) is 0 Å². The van der Waals surface area contributed by atoms with Crippen LogP contribution in [-0.4, -0.2) is 106 Å². The number of nitrogens with zero attached hydrogens (tertiary/aromatic N) is 8. The lowest BCUT2D eigenvalue weighted by Crippen LogP contribution is -2.71. The number of nitrogens with two attached hydrogens (primary N) is 1. The molecule has 4 rings (SSSR count). The molecular weight excluding hydrogens is 574 g/mol. The summed E-state index contributed by atoms with van der Waals surface area (Å²) < 4.78 is 5.47. The number of tetrazole rings is 1. The largest absolute Gasteiger partial charge is 0.477 e. The maximum atomic E-state index is 13.0. The van der Waals surface area contributed by atoms with Gasteiger partial charge in [-0.15, -0.1) is 16.9 Å². The molecule has 3 amide bonds. The van der Waals surface area contributed by atoms with Gasteiger partial charge < -0.3 is 26.3 Å². The lowest BCUT2D eigenvalue weighted by molar-refractivity contribution is -0.150. The van der Waals surface area contributed by atoms with Crippen LogP contribution in [0.15, 0.2) is 21.6 Å². The zero-order chi connectivity index (χ0) is 28.3. The summed E-state index contributed by atoms with van der Waals surface area (Å²) >= 11 is 3.39. The number of hydrogen-bond donors (Lipinski definition) is 4. The summed E-state index contributed by atoms with van der Waals surface area (Å²) in [7, 11) is 1.24. The van der Waals surface area contributed by atoms with E-state index in [4.69, 9.17) is 10.6 Å². The Kier molecular flexibility index (Phi) is 8.65. The first-order chi connectivity index (χ1) is 18.6. The number of hydrogen-bond acceptors (Lipinski definition) is 15. The van der Waals surface area contributed by atoms with Gasteiger partial charge in [-0.25, -0.2) is 9.48 Å². The van der Waals surface area contributed by atoms with E-state index >= 15 is 0 Å². The number of thioether (sulfide) groups is 2. The number of fused-ring (bicyclic) bond motifs is 1. The van der Waals surface area contributed by atoms with Crippen LogP contribution in [0.5, 0.6) is 0 Å². The number of carbonyl (C=O) groups excluding carboxylic acids is 3. The topological polar surface area (TPSA) is 233 Å². The Hall–Kier alpha value is -3.78. The van der Waals surface area contributed by atoms with Gasteiger partial charge in [0.05, 0.1) is 6.04 Å². The molecule has 2 aromatic rings. The van der Waals surface area contributed by atoms with Gasteiger partial charge in [-0.2, -0.15) is 9.36 Å². The number of aliphatic carboxylic acids is 1. The molecule has 2 unspecified atom stereocenters. The van der Waals surface area contributed by atoms with E-state index in [1.54, 1.807) is 0 Å². The highest BCUT2D eigenvalue weighted by atomic mass is 32.2. The van der Waals surface area contributed by atoms with Gasteiger partial charge in [-0.05, 0) is 22.9 Å². The van der Waals surface area contributed by atoms with Crippen LogP contribution in [0, 0.1) is 0 Å². The monoisotopic (exact) mass is 597 g/mol. The summed E-state index contributed by atoms with van der Waals surface area (Å²) in [5, 5.41) is 30.4. The molecule has 0 aliphatic carbocycles.